The number of rotatable bonds is 12. The third kappa shape index (κ3) is 8.25. The SMILES string of the molecule is Cc1ccc(-c2cc(C(C)C)ccc2C)c(CN(Cc2cc(C#N)cc(C(F)(F)F)c2)c2ccc(OCCCC=O)cn2)c1. The molecule has 3 aromatic carbocycles. The summed E-state index contributed by atoms with van der Waals surface area (Å²) in [4.78, 5) is 17.1. The molecule has 0 atom stereocenters. The summed E-state index contributed by atoms with van der Waals surface area (Å²) in [6.45, 7) is 9.19. The van der Waals surface area contributed by atoms with Crippen molar-refractivity contribution in [1.29, 1.82) is 5.26 Å². The number of ether oxygens (including phenoxy) is 1. The lowest BCUT2D eigenvalue weighted by molar-refractivity contribution is -0.137. The zero-order valence-electron chi connectivity index (χ0n) is 25.4. The predicted molar refractivity (Wildman–Crippen MR) is 167 cm³/mol. The maximum absolute atomic E-state index is 13.7. The van der Waals surface area contributed by atoms with Crippen LogP contribution in [0.15, 0.2) is 72.9 Å². The highest BCUT2D eigenvalue weighted by atomic mass is 19.4. The summed E-state index contributed by atoms with van der Waals surface area (Å²) in [5.74, 6) is 1.42. The first kappa shape index (κ1) is 32.3. The first-order chi connectivity index (χ1) is 21.0. The van der Waals surface area contributed by atoms with Crippen molar-refractivity contribution in [1.82, 2.24) is 4.98 Å². The highest BCUT2D eigenvalue weighted by Crippen LogP contribution is 2.34. The van der Waals surface area contributed by atoms with Crippen LogP contribution in [0.5, 0.6) is 5.75 Å². The maximum atomic E-state index is 13.7. The standard InChI is InChI=1S/C36H36F3N3O2/c1-24(2)29-9-8-26(4)34(19-29)33-11-7-25(3)15-30(33)23-42(35-12-10-32(21-41-35)44-14-6-5-13-43)22-28-16-27(20-40)17-31(18-28)36(37,38)39/h7-13,15-19,21,24H,5-6,14,22-23H2,1-4H3. The van der Waals surface area contributed by atoms with Gasteiger partial charge in [-0.05, 0) is 89.9 Å². The lowest BCUT2D eigenvalue weighted by Crippen LogP contribution is -2.24. The zero-order chi connectivity index (χ0) is 31.9. The Labute approximate surface area is 256 Å². The molecule has 0 N–H and O–H groups in total. The van der Waals surface area contributed by atoms with Gasteiger partial charge in [0.1, 0.15) is 17.9 Å². The van der Waals surface area contributed by atoms with Gasteiger partial charge in [-0.2, -0.15) is 18.4 Å². The van der Waals surface area contributed by atoms with Crippen LogP contribution >= 0.6 is 0 Å². The van der Waals surface area contributed by atoms with Gasteiger partial charge in [0, 0.05) is 19.5 Å². The number of alkyl halides is 3. The average molecular weight is 600 g/mol. The molecule has 0 aliphatic rings. The summed E-state index contributed by atoms with van der Waals surface area (Å²) in [6, 6.07) is 21.6. The molecule has 0 spiro atoms. The van der Waals surface area contributed by atoms with E-state index in [0.29, 0.717) is 49.0 Å². The van der Waals surface area contributed by atoms with Crippen molar-refractivity contribution in [2.45, 2.75) is 65.7 Å². The smallest absolute Gasteiger partial charge is 0.416 e. The minimum absolute atomic E-state index is 0.0563. The molecule has 0 aliphatic heterocycles. The Kier molecular flexibility index (Phi) is 10.4. The Bertz CT molecular complexity index is 1640. The number of benzene rings is 3. The van der Waals surface area contributed by atoms with Gasteiger partial charge < -0.3 is 14.4 Å². The molecule has 4 aromatic rings. The van der Waals surface area contributed by atoms with E-state index in [0.717, 1.165) is 46.2 Å². The van der Waals surface area contributed by atoms with Crippen molar-refractivity contribution in [3.63, 3.8) is 0 Å². The number of nitriles is 1. The van der Waals surface area contributed by atoms with E-state index < -0.39 is 11.7 Å². The van der Waals surface area contributed by atoms with Crippen LogP contribution in [-0.2, 0) is 24.1 Å². The van der Waals surface area contributed by atoms with Crippen LogP contribution in [0.2, 0.25) is 0 Å². The number of aldehydes is 1. The van der Waals surface area contributed by atoms with Crippen molar-refractivity contribution < 1.29 is 22.7 Å². The second kappa shape index (κ2) is 14.2. The van der Waals surface area contributed by atoms with E-state index in [2.05, 4.69) is 62.2 Å². The fraction of sp³-hybridized carbons (Fsp3) is 0.306. The van der Waals surface area contributed by atoms with Gasteiger partial charge in [0.15, 0.2) is 0 Å². The average Bonchev–Trinajstić information content (AvgIpc) is 2.99. The summed E-state index contributed by atoms with van der Waals surface area (Å²) in [7, 11) is 0. The molecule has 228 valence electrons. The molecular weight excluding hydrogens is 563 g/mol. The normalized spacial score (nSPS) is 11.3. The molecule has 0 radical (unpaired) electrons. The zero-order valence-corrected chi connectivity index (χ0v) is 25.4. The van der Waals surface area contributed by atoms with E-state index in [9.17, 15) is 23.2 Å². The summed E-state index contributed by atoms with van der Waals surface area (Å²) in [5, 5.41) is 9.48. The Hall–Kier alpha value is -4.64. The molecule has 1 heterocycles. The number of hydrogen-bond acceptors (Lipinski definition) is 5. The number of pyridine rings is 1. The largest absolute Gasteiger partial charge is 0.492 e. The number of aryl methyl sites for hydroxylation is 2. The number of aromatic nitrogens is 1. The van der Waals surface area contributed by atoms with E-state index >= 15 is 0 Å². The van der Waals surface area contributed by atoms with Gasteiger partial charge in [-0.25, -0.2) is 4.98 Å². The van der Waals surface area contributed by atoms with Crippen LogP contribution < -0.4 is 9.64 Å². The molecule has 0 unspecified atom stereocenters. The van der Waals surface area contributed by atoms with E-state index in [1.807, 2.05) is 17.9 Å². The number of anilines is 1. The number of carbonyl (C=O) groups is 1. The highest BCUT2D eigenvalue weighted by Gasteiger charge is 2.31. The molecule has 0 amide bonds. The molecule has 5 nitrogen and oxygen atoms in total. The van der Waals surface area contributed by atoms with E-state index in [1.165, 1.54) is 11.6 Å². The maximum Gasteiger partial charge on any atom is 0.416 e. The fourth-order valence-corrected chi connectivity index (χ4v) is 5.06. The third-order valence-electron chi connectivity index (χ3n) is 7.44. The predicted octanol–water partition coefficient (Wildman–Crippen LogP) is 8.94. The lowest BCUT2D eigenvalue weighted by Gasteiger charge is -2.27. The molecular formula is C36H36F3N3O2. The highest BCUT2D eigenvalue weighted by molar-refractivity contribution is 5.72. The number of hydrogen-bond donors (Lipinski definition) is 0. The van der Waals surface area contributed by atoms with E-state index in [4.69, 9.17) is 4.74 Å². The first-order valence-electron chi connectivity index (χ1n) is 14.6. The molecule has 8 heteroatoms. The van der Waals surface area contributed by atoms with Gasteiger partial charge in [0.05, 0.1) is 30.0 Å². The molecule has 0 bridgehead atoms. The molecule has 0 saturated heterocycles. The van der Waals surface area contributed by atoms with E-state index in [-0.39, 0.29) is 12.1 Å². The molecule has 0 aliphatic carbocycles. The lowest BCUT2D eigenvalue weighted by atomic mass is 9.90. The Morgan fingerprint density at radius 1 is 0.977 bits per heavy atom. The van der Waals surface area contributed by atoms with Gasteiger partial charge in [-0.1, -0.05) is 55.8 Å². The van der Waals surface area contributed by atoms with Gasteiger partial charge in [0.25, 0.3) is 0 Å². The Balaban J connectivity index is 1.77. The molecule has 0 fully saturated rings. The van der Waals surface area contributed by atoms with Crippen molar-refractivity contribution in [2.24, 2.45) is 0 Å². The summed E-state index contributed by atoms with van der Waals surface area (Å²) in [5.41, 5.74) is 5.96. The Morgan fingerprint density at radius 2 is 1.77 bits per heavy atom. The van der Waals surface area contributed by atoms with Crippen LogP contribution in [0.25, 0.3) is 11.1 Å². The van der Waals surface area contributed by atoms with Gasteiger partial charge in [-0.15, -0.1) is 0 Å². The van der Waals surface area contributed by atoms with Crippen LogP contribution in [-0.4, -0.2) is 17.9 Å². The van der Waals surface area contributed by atoms with Crippen LogP contribution in [0, 0.1) is 25.2 Å². The van der Waals surface area contributed by atoms with Crippen molar-refractivity contribution in [3.05, 3.63) is 112 Å². The van der Waals surface area contributed by atoms with E-state index in [1.54, 1.807) is 18.3 Å². The minimum atomic E-state index is -4.59. The summed E-state index contributed by atoms with van der Waals surface area (Å²) < 4.78 is 46.9. The molecule has 0 saturated carbocycles. The molecule has 4 rings (SSSR count). The first-order valence-corrected chi connectivity index (χ1v) is 14.6. The quantitative estimate of drug-likeness (QED) is 0.120. The molecule has 44 heavy (non-hydrogen) atoms. The van der Waals surface area contributed by atoms with Crippen LogP contribution in [0.1, 0.15) is 71.6 Å². The second-order valence-corrected chi connectivity index (χ2v) is 11.3. The van der Waals surface area contributed by atoms with Gasteiger partial charge >= 0.3 is 6.18 Å². The van der Waals surface area contributed by atoms with Crippen molar-refractivity contribution in [2.75, 3.05) is 11.5 Å². The third-order valence-corrected chi connectivity index (χ3v) is 7.44. The summed E-state index contributed by atoms with van der Waals surface area (Å²) >= 11 is 0. The monoisotopic (exact) mass is 599 g/mol. The topological polar surface area (TPSA) is 66.2 Å². The number of carbonyl (C=O) groups excluding carboxylic acids is 1. The minimum Gasteiger partial charge on any atom is -0.492 e. The fourth-order valence-electron chi connectivity index (χ4n) is 5.06. The van der Waals surface area contributed by atoms with Gasteiger partial charge in [-0.3, -0.25) is 0 Å². The van der Waals surface area contributed by atoms with Crippen LogP contribution in [0.3, 0.4) is 0 Å². The Morgan fingerprint density at radius 3 is 2.43 bits per heavy atom. The van der Waals surface area contributed by atoms with Crippen molar-refractivity contribution in [3.8, 4) is 22.9 Å². The number of unbranched alkanes of at least 4 members (excludes halogenated alkanes) is 1. The molecule has 1 aromatic heterocycles. The summed E-state index contributed by atoms with van der Waals surface area (Å²) in [6.07, 6.45) is -1.19. The van der Waals surface area contributed by atoms with Gasteiger partial charge in [0.2, 0.25) is 0 Å². The number of nitrogens with zero attached hydrogens (tertiary/aromatic N) is 3. The number of halogens is 3. The van der Waals surface area contributed by atoms with Crippen molar-refractivity contribution >= 4 is 12.1 Å². The second-order valence-electron chi connectivity index (χ2n) is 11.3. The van der Waals surface area contributed by atoms with Crippen LogP contribution in [0.4, 0.5) is 19.0 Å².